The van der Waals surface area contributed by atoms with E-state index in [0.29, 0.717) is 5.56 Å². The van der Waals surface area contributed by atoms with Gasteiger partial charge in [-0.1, -0.05) is 18.2 Å². The number of hydrogen-bond donors (Lipinski definition) is 0. The number of hydrogen-bond acceptors (Lipinski definition) is 3. The second-order valence-electron chi connectivity index (χ2n) is 3.46. The van der Waals surface area contributed by atoms with Gasteiger partial charge in [0.15, 0.2) is 6.17 Å². The third kappa shape index (κ3) is 1.58. The molecule has 0 aliphatic carbocycles. The Labute approximate surface area is 90.8 Å². The van der Waals surface area contributed by atoms with Gasteiger partial charge in [0.2, 0.25) is 5.90 Å². The minimum atomic E-state index is -2.91. The number of carbonyl (C=O) groups excluding carboxylic acids is 1. The molecule has 0 N–H and O–H groups in total. The van der Waals surface area contributed by atoms with E-state index in [1.165, 1.54) is 0 Å². The third-order valence-electron chi connectivity index (χ3n) is 2.29. The lowest BCUT2D eigenvalue weighted by Crippen LogP contribution is -2.37. The quantitative estimate of drug-likeness (QED) is 0.570. The Bertz CT molecular complexity index is 445. The molecule has 0 bridgehead atoms. The average Bonchev–Trinajstić information content (AvgIpc) is 2.58. The lowest BCUT2D eigenvalue weighted by molar-refractivity contribution is -0.148. The second-order valence-corrected chi connectivity index (χ2v) is 3.46. The summed E-state index contributed by atoms with van der Waals surface area (Å²) in [7, 11) is 0. The second kappa shape index (κ2) is 3.66. The molecule has 1 aliphatic rings. The molecule has 1 aliphatic heterocycles. The van der Waals surface area contributed by atoms with Crippen LogP contribution in [0.15, 0.2) is 35.3 Å². The number of nitrogens with zero attached hydrogens (tertiary/aromatic N) is 1. The number of benzene rings is 1. The summed E-state index contributed by atoms with van der Waals surface area (Å²) in [6, 6.07) is 8.31. The van der Waals surface area contributed by atoms with E-state index in [0.717, 1.165) is 6.92 Å². The van der Waals surface area contributed by atoms with E-state index in [1.807, 2.05) is 0 Å². The van der Waals surface area contributed by atoms with Crippen LogP contribution >= 0.6 is 0 Å². The van der Waals surface area contributed by atoms with E-state index < -0.39 is 17.9 Å². The van der Waals surface area contributed by atoms with Gasteiger partial charge in [-0.2, -0.15) is 4.99 Å². The minimum Gasteiger partial charge on any atom is -0.403 e. The van der Waals surface area contributed by atoms with Crippen LogP contribution in [0.4, 0.5) is 8.78 Å². The van der Waals surface area contributed by atoms with Gasteiger partial charge in [-0.15, -0.1) is 0 Å². The maximum absolute atomic E-state index is 13.7. The summed E-state index contributed by atoms with van der Waals surface area (Å²) < 4.78 is 31.3. The van der Waals surface area contributed by atoms with Gasteiger partial charge in [-0.3, -0.25) is 0 Å². The van der Waals surface area contributed by atoms with Gasteiger partial charge < -0.3 is 4.74 Å². The van der Waals surface area contributed by atoms with Gasteiger partial charge in [0.1, 0.15) is 0 Å². The van der Waals surface area contributed by atoms with E-state index in [9.17, 15) is 13.6 Å². The Morgan fingerprint density at radius 2 is 2.00 bits per heavy atom. The molecule has 0 saturated carbocycles. The fourth-order valence-electron chi connectivity index (χ4n) is 1.33. The number of ether oxygens (including phenoxy) is 1. The SMILES string of the molecule is CC(F)C1(F)N=C(c2ccccc2)OC1=O. The van der Waals surface area contributed by atoms with Gasteiger partial charge >= 0.3 is 11.8 Å². The van der Waals surface area contributed by atoms with Crippen LogP contribution in [0.3, 0.4) is 0 Å². The molecule has 84 valence electrons. The molecule has 2 atom stereocenters. The van der Waals surface area contributed by atoms with Crippen LogP contribution in [-0.4, -0.2) is 23.8 Å². The molecule has 0 aromatic heterocycles. The van der Waals surface area contributed by atoms with Crippen molar-refractivity contribution in [2.24, 2.45) is 4.99 Å². The Kier molecular flexibility index (Phi) is 2.46. The van der Waals surface area contributed by atoms with Gasteiger partial charge in [0.25, 0.3) is 0 Å². The molecule has 1 aromatic carbocycles. The summed E-state index contributed by atoms with van der Waals surface area (Å²) in [5.74, 6) is -4.40. The fraction of sp³-hybridized carbons (Fsp3) is 0.273. The zero-order valence-electron chi connectivity index (χ0n) is 8.48. The zero-order valence-corrected chi connectivity index (χ0v) is 8.48. The van der Waals surface area contributed by atoms with Crippen LogP contribution < -0.4 is 0 Å². The maximum atomic E-state index is 13.7. The summed E-state index contributed by atoms with van der Waals surface area (Å²) >= 11 is 0. The monoisotopic (exact) mass is 225 g/mol. The molecule has 3 nitrogen and oxygen atoms in total. The first-order valence-corrected chi connectivity index (χ1v) is 4.74. The van der Waals surface area contributed by atoms with Crippen molar-refractivity contribution >= 4 is 11.9 Å². The summed E-state index contributed by atoms with van der Waals surface area (Å²) in [5, 5.41) is 0. The van der Waals surface area contributed by atoms with E-state index in [1.54, 1.807) is 30.3 Å². The molecule has 0 radical (unpaired) electrons. The first-order chi connectivity index (χ1) is 7.54. The maximum Gasteiger partial charge on any atom is 0.377 e. The number of alkyl halides is 2. The molecule has 16 heavy (non-hydrogen) atoms. The molecule has 1 aromatic rings. The minimum absolute atomic E-state index is 0.183. The van der Waals surface area contributed by atoms with Crippen LogP contribution in [0.25, 0.3) is 0 Å². The van der Waals surface area contributed by atoms with Gasteiger partial charge in [-0.25, -0.2) is 13.6 Å². The Hall–Kier alpha value is -1.78. The summed E-state index contributed by atoms with van der Waals surface area (Å²) in [5.41, 5.74) is 0.441. The van der Waals surface area contributed by atoms with Crippen molar-refractivity contribution in [3.63, 3.8) is 0 Å². The van der Waals surface area contributed by atoms with E-state index in [4.69, 9.17) is 0 Å². The van der Waals surface area contributed by atoms with Crippen molar-refractivity contribution in [2.45, 2.75) is 18.9 Å². The summed E-state index contributed by atoms with van der Waals surface area (Å²) in [6.45, 7) is 0.929. The topological polar surface area (TPSA) is 38.7 Å². The number of aliphatic imine (C=N–C) groups is 1. The summed E-state index contributed by atoms with van der Waals surface area (Å²) in [6.07, 6.45) is -2.04. The van der Waals surface area contributed by atoms with Crippen molar-refractivity contribution in [1.29, 1.82) is 0 Å². The third-order valence-corrected chi connectivity index (χ3v) is 2.29. The first kappa shape index (κ1) is 10.7. The molecule has 0 saturated heterocycles. The number of carbonyl (C=O) groups is 1. The number of esters is 1. The molecule has 2 rings (SSSR count). The number of halogens is 2. The van der Waals surface area contributed by atoms with E-state index >= 15 is 0 Å². The molecular formula is C11H9F2NO2. The van der Waals surface area contributed by atoms with Crippen LogP contribution in [0.5, 0.6) is 0 Å². The van der Waals surface area contributed by atoms with Crippen LogP contribution in [0.2, 0.25) is 0 Å². The van der Waals surface area contributed by atoms with Crippen molar-refractivity contribution in [3.8, 4) is 0 Å². The Morgan fingerprint density at radius 3 is 2.50 bits per heavy atom. The van der Waals surface area contributed by atoms with E-state index in [-0.39, 0.29) is 5.90 Å². The smallest absolute Gasteiger partial charge is 0.377 e. The normalized spacial score (nSPS) is 26.2. The molecule has 1 heterocycles. The van der Waals surface area contributed by atoms with Crippen LogP contribution in [0, 0.1) is 0 Å². The molecular weight excluding hydrogens is 216 g/mol. The highest BCUT2D eigenvalue weighted by molar-refractivity contribution is 6.07. The van der Waals surface area contributed by atoms with Crippen molar-refractivity contribution in [2.75, 3.05) is 0 Å². The Balaban J connectivity index is 2.37. The van der Waals surface area contributed by atoms with Crippen molar-refractivity contribution in [1.82, 2.24) is 0 Å². The number of rotatable bonds is 2. The van der Waals surface area contributed by atoms with Crippen molar-refractivity contribution in [3.05, 3.63) is 35.9 Å². The first-order valence-electron chi connectivity index (χ1n) is 4.74. The molecule has 0 amide bonds. The predicted molar refractivity (Wildman–Crippen MR) is 53.5 cm³/mol. The van der Waals surface area contributed by atoms with Gasteiger partial charge in [0, 0.05) is 5.56 Å². The summed E-state index contributed by atoms with van der Waals surface area (Å²) in [4.78, 5) is 14.5. The lowest BCUT2D eigenvalue weighted by atomic mass is 10.2. The van der Waals surface area contributed by atoms with Gasteiger partial charge in [-0.05, 0) is 19.1 Å². The van der Waals surface area contributed by atoms with Crippen LogP contribution in [0.1, 0.15) is 12.5 Å². The van der Waals surface area contributed by atoms with Crippen LogP contribution in [-0.2, 0) is 9.53 Å². The standard InChI is InChI=1S/C11H9F2NO2/c1-7(12)11(13)10(15)16-9(14-11)8-5-3-2-4-6-8/h2-7H,1H3. The lowest BCUT2D eigenvalue weighted by Gasteiger charge is -2.11. The Morgan fingerprint density at radius 1 is 1.38 bits per heavy atom. The number of cyclic esters (lactones) is 1. The molecule has 5 heteroatoms. The fourth-order valence-corrected chi connectivity index (χ4v) is 1.33. The molecule has 0 spiro atoms. The largest absolute Gasteiger partial charge is 0.403 e. The molecule has 2 unspecified atom stereocenters. The highest BCUT2D eigenvalue weighted by atomic mass is 19.2. The highest BCUT2D eigenvalue weighted by Gasteiger charge is 2.52. The zero-order chi connectivity index (χ0) is 11.8. The van der Waals surface area contributed by atoms with E-state index in [2.05, 4.69) is 9.73 Å². The van der Waals surface area contributed by atoms with Crippen molar-refractivity contribution < 1.29 is 18.3 Å². The van der Waals surface area contributed by atoms with Gasteiger partial charge in [0.05, 0.1) is 0 Å². The average molecular weight is 225 g/mol. The predicted octanol–water partition coefficient (Wildman–Crippen LogP) is 2.01. The highest BCUT2D eigenvalue weighted by Crippen LogP contribution is 2.29. The molecule has 0 fully saturated rings.